The molecule has 9 atom stereocenters. The molecule has 5 aliphatic carbocycles. The Morgan fingerprint density at radius 3 is 2.19 bits per heavy atom. The van der Waals surface area contributed by atoms with Gasteiger partial charge in [0.2, 0.25) is 5.91 Å². The third-order valence-electron chi connectivity index (χ3n) is 16.2. The van der Waals surface area contributed by atoms with Gasteiger partial charge in [-0.3, -0.25) is 19.2 Å². The molecule has 1 aromatic carbocycles. The summed E-state index contributed by atoms with van der Waals surface area (Å²) in [7, 11) is 3.78. The third-order valence-corrected chi connectivity index (χ3v) is 16.2. The fourth-order valence-corrected chi connectivity index (χ4v) is 13.8. The molecule has 5 aliphatic rings. The Morgan fingerprint density at radius 1 is 0.895 bits per heavy atom. The number of ketones is 1. The first-order valence-electron chi connectivity index (χ1n) is 21.9. The summed E-state index contributed by atoms with van der Waals surface area (Å²) >= 11 is 0. The molecule has 0 radical (unpaired) electrons. The van der Waals surface area contributed by atoms with E-state index in [-0.39, 0.29) is 77.8 Å². The summed E-state index contributed by atoms with van der Waals surface area (Å²) in [5.74, 6) is 0.473. The molecule has 0 aliphatic heterocycles. The van der Waals surface area contributed by atoms with Crippen molar-refractivity contribution in [2.45, 2.75) is 145 Å². The van der Waals surface area contributed by atoms with Gasteiger partial charge in [0.1, 0.15) is 6.10 Å². The number of fused-ring (bicyclic) bond motifs is 7. The zero-order valence-corrected chi connectivity index (χ0v) is 36.7. The standard InChI is InChI=1S/C48H72N2O7/c1-30(2)42-34(51)24-48(37(52)28-50(39(53)29-49(9)10)27-31-14-12-11-13-15-31)23-18-33-32(43(42)48)16-17-36-46(33,7)21-19-35-45(5,6)38(20-22-47(35,36)8)57-41(56)26-44(3,4)25-40(54)55/h11-15,30,32-33,35-38,52H,16-29H2,1-10H3,(H,54,55)/t32?,33?,35?,36?,37-,38?,46?,47?,48?/m0/s1. The summed E-state index contributed by atoms with van der Waals surface area (Å²) in [5.41, 5.74) is 1.73. The van der Waals surface area contributed by atoms with Crippen molar-refractivity contribution < 1.29 is 34.1 Å². The highest BCUT2D eigenvalue weighted by Crippen LogP contribution is 2.73. The zero-order chi connectivity index (χ0) is 41.9. The lowest BCUT2D eigenvalue weighted by molar-refractivity contribution is -0.214. The van der Waals surface area contributed by atoms with Gasteiger partial charge in [-0.25, -0.2) is 0 Å². The van der Waals surface area contributed by atoms with Gasteiger partial charge >= 0.3 is 11.9 Å². The minimum atomic E-state index is -0.907. The first-order valence-corrected chi connectivity index (χ1v) is 21.9. The second-order valence-electron chi connectivity index (χ2n) is 21.5. The molecule has 9 nitrogen and oxygen atoms in total. The van der Waals surface area contributed by atoms with Gasteiger partial charge in [0.05, 0.1) is 25.5 Å². The van der Waals surface area contributed by atoms with Crippen LogP contribution >= 0.6 is 0 Å². The fourth-order valence-electron chi connectivity index (χ4n) is 13.8. The van der Waals surface area contributed by atoms with Crippen LogP contribution in [0.3, 0.4) is 0 Å². The molecule has 316 valence electrons. The van der Waals surface area contributed by atoms with E-state index in [9.17, 15) is 29.4 Å². The molecule has 0 heterocycles. The number of rotatable bonds is 13. The number of aliphatic hydroxyl groups excluding tert-OH is 1. The number of aliphatic carboxylic acids is 1. The van der Waals surface area contributed by atoms with E-state index in [0.717, 1.165) is 62.5 Å². The highest BCUT2D eigenvalue weighted by molar-refractivity contribution is 6.00. The van der Waals surface area contributed by atoms with Crippen molar-refractivity contribution in [1.29, 1.82) is 0 Å². The van der Waals surface area contributed by atoms with Crippen LogP contribution in [-0.2, 0) is 30.5 Å². The van der Waals surface area contributed by atoms with E-state index in [0.29, 0.717) is 30.7 Å². The summed E-state index contributed by atoms with van der Waals surface area (Å²) in [6.07, 6.45) is 6.92. The number of hydrogen-bond donors (Lipinski definition) is 2. The Labute approximate surface area is 342 Å². The van der Waals surface area contributed by atoms with E-state index >= 15 is 0 Å². The first-order chi connectivity index (χ1) is 26.6. The Balaban J connectivity index is 1.26. The molecule has 1 aromatic rings. The molecule has 0 saturated heterocycles. The van der Waals surface area contributed by atoms with Gasteiger partial charge in [0.15, 0.2) is 5.78 Å². The average Bonchev–Trinajstić information content (AvgIpc) is 3.42. The van der Waals surface area contributed by atoms with Gasteiger partial charge in [-0.15, -0.1) is 0 Å². The number of carbonyl (C=O) groups excluding carboxylic acids is 3. The molecule has 57 heavy (non-hydrogen) atoms. The maximum atomic E-state index is 14.2. The molecule has 0 aromatic heterocycles. The number of esters is 1. The van der Waals surface area contributed by atoms with Crippen molar-refractivity contribution in [2.75, 3.05) is 27.2 Å². The summed E-state index contributed by atoms with van der Waals surface area (Å²) in [4.78, 5) is 56.3. The number of carboxylic acid groups (broad SMARTS) is 1. The number of nitrogens with zero attached hydrogens (tertiary/aromatic N) is 2. The second kappa shape index (κ2) is 15.9. The monoisotopic (exact) mass is 789 g/mol. The maximum Gasteiger partial charge on any atom is 0.306 e. The topological polar surface area (TPSA) is 124 Å². The maximum absolute atomic E-state index is 14.2. The van der Waals surface area contributed by atoms with E-state index < -0.39 is 22.9 Å². The van der Waals surface area contributed by atoms with Crippen molar-refractivity contribution in [3.8, 4) is 0 Å². The number of carbonyl (C=O) groups is 4. The van der Waals surface area contributed by atoms with Crippen LogP contribution in [-0.4, -0.2) is 83.0 Å². The van der Waals surface area contributed by atoms with E-state index in [2.05, 4.69) is 41.5 Å². The van der Waals surface area contributed by atoms with Crippen molar-refractivity contribution in [1.82, 2.24) is 9.80 Å². The predicted octanol–water partition coefficient (Wildman–Crippen LogP) is 8.33. The third kappa shape index (κ3) is 8.02. The van der Waals surface area contributed by atoms with Crippen molar-refractivity contribution >= 4 is 23.6 Å². The molecule has 1 amide bonds. The molecule has 2 N–H and O–H groups in total. The SMILES string of the molecule is CC(C)C1=C2C3CCC4C(C)(CCC5C(C)(C)C(OC(=O)CC(C)(C)CC(=O)O)CCC54C)C3CCC2([C@@H](O)CN(Cc2ccccc2)C(=O)CN(C)C)CC1=O. The predicted molar refractivity (Wildman–Crippen MR) is 222 cm³/mol. The van der Waals surface area contributed by atoms with Gasteiger partial charge < -0.3 is 24.7 Å². The Bertz CT molecular complexity index is 1730. The lowest BCUT2D eigenvalue weighted by Gasteiger charge is -2.69. The Morgan fingerprint density at radius 2 is 1.56 bits per heavy atom. The quantitative estimate of drug-likeness (QED) is 0.191. The van der Waals surface area contributed by atoms with Crippen LogP contribution in [0.15, 0.2) is 41.5 Å². The molecular weight excluding hydrogens is 717 g/mol. The summed E-state index contributed by atoms with van der Waals surface area (Å²) in [6, 6.07) is 9.97. The van der Waals surface area contributed by atoms with Crippen molar-refractivity contribution in [2.24, 2.45) is 56.7 Å². The number of likely N-dealkylation sites (N-methyl/N-ethyl adjacent to an activating group) is 1. The van der Waals surface area contributed by atoms with Gasteiger partial charge in [0, 0.05) is 30.3 Å². The normalized spacial score (nSPS) is 33.9. The molecule has 9 heteroatoms. The van der Waals surface area contributed by atoms with Crippen LogP contribution in [0.4, 0.5) is 0 Å². The van der Waals surface area contributed by atoms with E-state index in [1.165, 1.54) is 5.57 Å². The van der Waals surface area contributed by atoms with Gasteiger partial charge in [-0.05, 0) is 122 Å². The number of ether oxygens (including phenoxy) is 1. The smallest absolute Gasteiger partial charge is 0.306 e. The molecule has 0 spiro atoms. The van der Waals surface area contributed by atoms with Gasteiger partial charge in [-0.1, -0.05) is 91.3 Å². The number of aliphatic hydroxyl groups is 1. The number of Topliss-reactive ketones (excluding diaryl/α,β-unsaturated/α-hetero) is 1. The highest BCUT2D eigenvalue weighted by Gasteiger charge is 2.67. The van der Waals surface area contributed by atoms with Gasteiger partial charge in [0.25, 0.3) is 0 Å². The lowest BCUT2D eigenvalue weighted by Crippen LogP contribution is -2.63. The van der Waals surface area contributed by atoms with Crippen LogP contribution in [0.2, 0.25) is 0 Å². The summed E-state index contributed by atoms with van der Waals surface area (Å²) < 4.78 is 6.26. The van der Waals surface area contributed by atoms with E-state index in [4.69, 9.17) is 4.74 Å². The number of benzene rings is 1. The number of amides is 1. The zero-order valence-electron chi connectivity index (χ0n) is 36.7. The van der Waals surface area contributed by atoms with Crippen molar-refractivity contribution in [3.05, 3.63) is 47.0 Å². The Hall–Kier alpha value is -3.04. The second-order valence-corrected chi connectivity index (χ2v) is 21.5. The lowest BCUT2D eigenvalue weighted by atomic mass is 9.36. The van der Waals surface area contributed by atoms with Crippen LogP contribution in [0.5, 0.6) is 0 Å². The van der Waals surface area contributed by atoms with Crippen LogP contribution in [0.25, 0.3) is 0 Å². The average molecular weight is 789 g/mol. The molecule has 0 bridgehead atoms. The molecule has 8 unspecified atom stereocenters. The van der Waals surface area contributed by atoms with Crippen LogP contribution in [0.1, 0.15) is 132 Å². The van der Waals surface area contributed by atoms with Crippen molar-refractivity contribution in [3.63, 3.8) is 0 Å². The summed E-state index contributed by atoms with van der Waals surface area (Å²) in [5, 5.41) is 21.9. The highest BCUT2D eigenvalue weighted by atomic mass is 16.5. The number of carboxylic acids is 1. The molecule has 4 saturated carbocycles. The van der Waals surface area contributed by atoms with Gasteiger partial charge in [-0.2, -0.15) is 0 Å². The fraction of sp³-hybridized carbons (Fsp3) is 0.750. The van der Waals surface area contributed by atoms with Crippen LogP contribution < -0.4 is 0 Å². The van der Waals surface area contributed by atoms with E-state index in [1.807, 2.05) is 68.1 Å². The first kappa shape index (κ1) is 43.5. The summed E-state index contributed by atoms with van der Waals surface area (Å²) in [6.45, 7) is 18.4. The molecule has 4 fully saturated rings. The molecular formula is C48H72N2O7. The minimum Gasteiger partial charge on any atom is -0.481 e. The Kier molecular flexibility index (Phi) is 12.1. The van der Waals surface area contributed by atoms with Crippen LogP contribution in [0, 0.1) is 56.7 Å². The molecule has 6 rings (SSSR count). The largest absolute Gasteiger partial charge is 0.481 e. The number of hydrogen-bond acceptors (Lipinski definition) is 7. The number of allylic oxidation sites excluding steroid dienone is 1. The van der Waals surface area contributed by atoms with E-state index in [1.54, 1.807) is 0 Å². The minimum absolute atomic E-state index is 0.0283.